The van der Waals surface area contributed by atoms with Gasteiger partial charge in [-0.3, -0.25) is 14.2 Å². The zero-order valence-electron chi connectivity index (χ0n) is 14.7. The molecule has 0 atom stereocenters. The summed E-state index contributed by atoms with van der Waals surface area (Å²) in [4.78, 5) is 41.2. The van der Waals surface area contributed by atoms with E-state index in [2.05, 4.69) is 10.3 Å². The topological polar surface area (TPSA) is 100 Å². The Morgan fingerprint density at radius 3 is 2.77 bits per heavy atom. The third kappa shape index (κ3) is 3.10. The molecule has 9 heteroatoms. The van der Waals surface area contributed by atoms with Crippen LogP contribution in [-0.2, 0) is 32.0 Å². The summed E-state index contributed by atoms with van der Waals surface area (Å²) in [5, 5.41) is 2.70. The molecule has 136 valence electrons. The van der Waals surface area contributed by atoms with E-state index in [1.165, 1.54) is 22.5 Å². The first-order valence-corrected chi connectivity index (χ1v) is 7.93. The van der Waals surface area contributed by atoms with Crippen LogP contribution in [-0.4, -0.2) is 31.7 Å². The molecular formula is C17H19N5O4. The number of aromatic nitrogens is 4. The van der Waals surface area contributed by atoms with Crippen LogP contribution in [0.2, 0.25) is 0 Å². The van der Waals surface area contributed by atoms with Crippen molar-refractivity contribution in [2.24, 2.45) is 14.1 Å². The van der Waals surface area contributed by atoms with Gasteiger partial charge in [0, 0.05) is 20.6 Å². The van der Waals surface area contributed by atoms with Gasteiger partial charge in [0.1, 0.15) is 12.3 Å². The summed E-state index contributed by atoms with van der Waals surface area (Å²) in [5.74, 6) is 0.247. The lowest BCUT2D eigenvalue weighted by atomic mass is 10.2. The summed E-state index contributed by atoms with van der Waals surface area (Å²) in [6.07, 6.45) is 1.46. The third-order valence-electron chi connectivity index (χ3n) is 4.13. The van der Waals surface area contributed by atoms with Gasteiger partial charge in [-0.2, -0.15) is 0 Å². The van der Waals surface area contributed by atoms with Crippen LogP contribution in [0.1, 0.15) is 5.56 Å². The largest absolute Gasteiger partial charge is 0.497 e. The first-order valence-electron chi connectivity index (χ1n) is 7.93. The summed E-state index contributed by atoms with van der Waals surface area (Å²) in [6, 6.07) is 7.26. The number of hydrogen-bond acceptors (Lipinski definition) is 5. The molecule has 0 bridgehead atoms. The maximum absolute atomic E-state index is 12.6. The van der Waals surface area contributed by atoms with Gasteiger partial charge < -0.3 is 14.6 Å². The van der Waals surface area contributed by atoms with Crippen LogP contribution in [0.25, 0.3) is 11.2 Å². The molecule has 2 aromatic heterocycles. The predicted molar refractivity (Wildman–Crippen MR) is 95.1 cm³/mol. The normalized spacial score (nSPS) is 10.9. The van der Waals surface area contributed by atoms with Gasteiger partial charge in [0.25, 0.3) is 5.56 Å². The molecule has 0 fully saturated rings. The zero-order chi connectivity index (χ0) is 18.8. The molecule has 1 aromatic carbocycles. The summed E-state index contributed by atoms with van der Waals surface area (Å²) in [6.45, 7) is -0.102. The Balaban J connectivity index is 1.82. The van der Waals surface area contributed by atoms with E-state index in [0.29, 0.717) is 5.75 Å². The molecule has 1 N–H and O–H groups in total. The van der Waals surface area contributed by atoms with E-state index < -0.39 is 17.2 Å². The van der Waals surface area contributed by atoms with Gasteiger partial charge in [-0.05, 0) is 17.7 Å². The number of aryl methyl sites for hydroxylation is 2. The van der Waals surface area contributed by atoms with Gasteiger partial charge in [-0.1, -0.05) is 12.1 Å². The lowest BCUT2D eigenvalue weighted by Crippen LogP contribution is -2.43. The molecule has 0 saturated heterocycles. The molecule has 3 aromatic rings. The van der Waals surface area contributed by atoms with Crippen LogP contribution in [0, 0.1) is 0 Å². The van der Waals surface area contributed by atoms with Crippen LogP contribution in [0.5, 0.6) is 5.75 Å². The van der Waals surface area contributed by atoms with Gasteiger partial charge >= 0.3 is 5.69 Å². The van der Waals surface area contributed by atoms with E-state index in [4.69, 9.17) is 4.74 Å². The molecule has 0 aliphatic heterocycles. The van der Waals surface area contributed by atoms with Crippen molar-refractivity contribution in [1.29, 1.82) is 0 Å². The van der Waals surface area contributed by atoms with Crippen LogP contribution in [0.15, 0.2) is 40.2 Å². The number of nitrogens with one attached hydrogen (secondary N) is 1. The molecule has 0 spiro atoms. The van der Waals surface area contributed by atoms with Crippen molar-refractivity contribution >= 4 is 17.1 Å². The summed E-state index contributed by atoms with van der Waals surface area (Å²) in [5.41, 5.74) is 0.278. The highest BCUT2D eigenvalue weighted by Crippen LogP contribution is 2.12. The van der Waals surface area contributed by atoms with Crippen LogP contribution in [0.4, 0.5) is 0 Å². The third-order valence-corrected chi connectivity index (χ3v) is 4.13. The van der Waals surface area contributed by atoms with Crippen molar-refractivity contribution in [1.82, 2.24) is 24.0 Å². The van der Waals surface area contributed by atoms with Gasteiger partial charge in [0.2, 0.25) is 5.91 Å². The Hall–Kier alpha value is -3.36. The number of methoxy groups -OCH3 is 1. The Labute approximate surface area is 148 Å². The van der Waals surface area contributed by atoms with Gasteiger partial charge in [0.05, 0.1) is 13.4 Å². The fourth-order valence-electron chi connectivity index (χ4n) is 2.72. The molecule has 9 nitrogen and oxygen atoms in total. The molecule has 0 aliphatic rings. The first-order chi connectivity index (χ1) is 12.4. The number of ether oxygens (including phenoxy) is 1. The average molecular weight is 357 g/mol. The highest BCUT2D eigenvalue weighted by atomic mass is 16.5. The predicted octanol–water partition coefficient (Wildman–Crippen LogP) is -0.241. The van der Waals surface area contributed by atoms with Crippen molar-refractivity contribution < 1.29 is 9.53 Å². The van der Waals surface area contributed by atoms with Crippen molar-refractivity contribution in [3.05, 3.63) is 57.0 Å². The minimum absolute atomic E-state index is 0.263. The van der Waals surface area contributed by atoms with Crippen LogP contribution >= 0.6 is 0 Å². The number of carbonyl (C=O) groups excluding carboxylic acids is 1. The summed E-state index contributed by atoms with van der Waals surface area (Å²) >= 11 is 0. The zero-order valence-corrected chi connectivity index (χ0v) is 14.7. The van der Waals surface area contributed by atoms with Crippen molar-refractivity contribution in [2.45, 2.75) is 13.1 Å². The average Bonchev–Trinajstić information content (AvgIpc) is 3.03. The molecule has 0 aliphatic carbocycles. The van der Waals surface area contributed by atoms with Gasteiger partial charge in [-0.15, -0.1) is 0 Å². The SMILES string of the molecule is COc1cccc(CNC(=O)Cn2c(=O)c3c(ncn3C)n(C)c2=O)c1. The highest BCUT2D eigenvalue weighted by Gasteiger charge is 2.16. The van der Waals surface area contributed by atoms with E-state index in [1.54, 1.807) is 26.3 Å². The second-order valence-electron chi connectivity index (χ2n) is 5.89. The Morgan fingerprint density at radius 1 is 1.27 bits per heavy atom. The highest BCUT2D eigenvalue weighted by molar-refractivity contribution is 5.76. The van der Waals surface area contributed by atoms with Crippen molar-refractivity contribution in [3.63, 3.8) is 0 Å². The summed E-state index contributed by atoms with van der Waals surface area (Å²) in [7, 11) is 4.74. The van der Waals surface area contributed by atoms with E-state index in [1.807, 2.05) is 12.1 Å². The van der Waals surface area contributed by atoms with Crippen molar-refractivity contribution in [3.8, 4) is 5.75 Å². The number of nitrogens with zero attached hydrogens (tertiary/aromatic N) is 4. The molecule has 2 heterocycles. The number of imidazole rings is 1. The molecule has 3 rings (SSSR count). The fourth-order valence-corrected chi connectivity index (χ4v) is 2.72. The smallest absolute Gasteiger partial charge is 0.332 e. The number of hydrogen-bond donors (Lipinski definition) is 1. The Kier molecular flexibility index (Phi) is 4.61. The number of fused-ring (bicyclic) bond motifs is 1. The molecular weight excluding hydrogens is 338 g/mol. The van der Waals surface area contributed by atoms with Crippen LogP contribution in [0.3, 0.4) is 0 Å². The Morgan fingerprint density at radius 2 is 2.04 bits per heavy atom. The second-order valence-corrected chi connectivity index (χ2v) is 5.89. The minimum Gasteiger partial charge on any atom is -0.497 e. The lowest BCUT2D eigenvalue weighted by molar-refractivity contribution is -0.121. The minimum atomic E-state index is -0.585. The van der Waals surface area contributed by atoms with Gasteiger partial charge in [0.15, 0.2) is 11.2 Å². The molecule has 0 saturated carbocycles. The first kappa shape index (κ1) is 17.5. The fraction of sp³-hybridized carbons (Fsp3) is 0.294. The number of carbonyl (C=O) groups is 1. The maximum Gasteiger partial charge on any atom is 0.332 e. The van der Waals surface area contributed by atoms with E-state index in [9.17, 15) is 14.4 Å². The number of amides is 1. The van der Waals surface area contributed by atoms with Crippen LogP contribution < -0.4 is 21.3 Å². The second kappa shape index (κ2) is 6.87. The number of benzene rings is 1. The molecule has 1 amide bonds. The molecule has 0 radical (unpaired) electrons. The maximum atomic E-state index is 12.6. The quantitative estimate of drug-likeness (QED) is 0.679. The van der Waals surface area contributed by atoms with E-state index in [-0.39, 0.29) is 24.3 Å². The van der Waals surface area contributed by atoms with Gasteiger partial charge in [-0.25, -0.2) is 14.3 Å². The van der Waals surface area contributed by atoms with Crippen molar-refractivity contribution in [2.75, 3.05) is 7.11 Å². The Bertz CT molecular complexity index is 1090. The summed E-state index contributed by atoms with van der Waals surface area (Å²) < 4.78 is 8.83. The monoisotopic (exact) mass is 357 g/mol. The van der Waals surface area contributed by atoms with E-state index in [0.717, 1.165) is 10.1 Å². The van der Waals surface area contributed by atoms with E-state index >= 15 is 0 Å². The number of rotatable bonds is 5. The standard InChI is InChI=1S/C17H19N5O4/c1-20-10-19-15-14(20)16(24)22(17(25)21(15)2)9-13(23)18-8-11-5-4-6-12(7-11)26-3/h4-7,10H,8-9H2,1-3H3,(H,18,23). The molecule has 26 heavy (non-hydrogen) atoms. The lowest BCUT2D eigenvalue weighted by Gasteiger charge is -2.10. The molecule has 0 unspecified atom stereocenters.